The van der Waals surface area contributed by atoms with Crippen LogP contribution in [-0.4, -0.2) is 13.4 Å². The number of hydrogen-bond donors (Lipinski definition) is 2. The average molecular weight is 298 g/mol. The van der Waals surface area contributed by atoms with Gasteiger partial charge in [-0.2, -0.15) is 0 Å². The fourth-order valence-electron chi connectivity index (χ4n) is 1.62. The molecule has 1 aromatic heterocycles. The van der Waals surface area contributed by atoms with E-state index in [0.717, 1.165) is 0 Å². The van der Waals surface area contributed by atoms with Gasteiger partial charge in [0.2, 0.25) is 0 Å². The topological polar surface area (TPSA) is 85.1 Å². The summed E-state index contributed by atoms with van der Waals surface area (Å²) in [5.41, 5.74) is 7.04. The van der Waals surface area contributed by atoms with E-state index in [2.05, 4.69) is 9.71 Å². The van der Waals surface area contributed by atoms with Gasteiger partial charge in [-0.3, -0.25) is 4.72 Å². The number of pyridine rings is 1. The quantitative estimate of drug-likeness (QED) is 0.673. The minimum Gasteiger partial charge on any atom is -0.399 e. The Hall–Kier alpha value is -1.79. The third-order valence-corrected chi connectivity index (χ3v) is 4.23. The van der Waals surface area contributed by atoms with E-state index in [9.17, 15) is 8.42 Å². The van der Waals surface area contributed by atoms with E-state index in [1.165, 1.54) is 18.3 Å². The van der Waals surface area contributed by atoms with Crippen LogP contribution in [0.4, 0.5) is 11.4 Å². The van der Waals surface area contributed by atoms with Crippen LogP contribution in [0, 0.1) is 6.92 Å². The molecule has 19 heavy (non-hydrogen) atoms. The Labute approximate surface area is 116 Å². The molecule has 7 heteroatoms. The first-order chi connectivity index (χ1) is 8.88. The number of aryl methyl sites for hydroxylation is 1. The molecule has 2 aromatic rings. The van der Waals surface area contributed by atoms with E-state index in [4.69, 9.17) is 17.3 Å². The zero-order chi connectivity index (χ0) is 14.0. The number of nitrogens with two attached hydrogens (primary N) is 1. The third-order valence-electron chi connectivity index (χ3n) is 2.47. The number of anilines is 2. The largest absolute Gasteiger partial charge is 0.399 e. The highest BCUT2D eigenvalue weighted by Gasteiger charge is 2.16. The maximum absolute atomic E-state index is 12.2. The van der Waals surface area contributed by atoms with Crippen molar-refractivity contribution in [1.29, 1.82) is 0 Å². The number of nitrogens with zero attached hydrogens (tertiary/aromatic N) is 1. The highest BCUT2D eigenvalue weighted by Crippen LogP contribution is 2.21. The fraction of sp³-hybridized carbons (Fsp3) is 0.0833. The molecule has 1 aromatic carbocycles. The van der Waals surface area contributed by atoms with Crippen LogP contribution >= 0.6 is 11.6 Å². The summed E-state index contributed by atoms with van der Waals surface area (Å²) >= 11 is 5.64. The zero-order valence-corrected chi connectivity index (χ0v) is 11.7. The number of nitrogen functional groups attached to an aromatic ring is 1. The molecule has 5 nitrogen and oxygen atoms in total. The summed E-state index contributed by atoms with van der Waals surface area (Å²) in [6, 6.07) is 7.67. The predicted molar refractivity (Wildman–Crippen MR) is 75.6 cm³/mol. The lowest BCUT2D eigenvalue weighted by Gasteiger charge is -2.10. The lowest BCUT2D eigenvalue weighted by Crippen LogP contribution is -2.14. The van der Waals surface area contributed by atoms with E-state index in [1.54, 1.807) is 25.1 Å². The summed E-state index contributed by atoms with van der Waals surface area (Å²) in [6.07, 6.45) is 1.35. The van der Waals surface area contributed by atoms with Crippen LogP contribution in [0.2, 0.25) is 5.15 Å². The molecule has 1 heterocycles. The summed E-state index contributed by atoms with van der Waals surface area (Å²) in [6.45, 7) is 1.69. The molecular formula is C12H12ClN3O2S. The molecule has 0 unspecified atom stereocenters. The summed E-state index contributed by atoms with van der Waals surface area (Å²) in [7, 11) is -3.66. The Balaban J connectivity index is 2.35. The number of halogens is 1. The van der Waals surface area contributed by atoms with Gasteiger partial charge in [0, 0.05) is 5.69 Å². The number of aromatic nitrogens is 1. The van der Waals surface area contributed by atoms with Crippen LogP contribution in [-0.2, 0) is 10.0 Å². The van der Waals surface area contributed by atoms with Crippen molar-refractivity contribution in [2.45, 2.75) is 11.8 Å². The molecule has 0 saturated carbocycles. The molecule has 0 amide bonds. The van der Waals surface area contributed by atoms with Gasteiger partial charge in [0.25, 0.3) is 10.0 Å². The monoisotopic (exact) mass is 297 g/mol. The van der Waals surface area contributed by atoms with Gasteiger partial charge in [-0.05, 0) is 42.8 Å². The molecule has 0 spiro atoms. The molecule has 0 bridgehead atoms. The predicted octanol–water partition coefficient (Wildman–Crippen LogP) is 2.43. The first-order valence-corrected chi connectivity index (χ1v) is 7.25. The third kappa shape index (κ3) is 3.15. The van der Waals surface area contributed by atoms with Crippen molar-refractivity contribution in [3.8, 4) is 0 Å². The second-order valence-electron chi connectivity index (χ2n) is 4.00. The lowest BCUT2D eigenvalue weighted by molar-refractivity contribution is 0.600. The Morgan fingerprint density at radius 3 is 2.58 bits per heavy atom. The van der Waals surface area contributed by atoms with Gasteiger partial charge in [0.15, 0.2) is 0 Å². The van der Waals surface area contributed by atoms with E-state index in [-0.39, 0.29) is 4.90 Å². The van der Waals surface area contributed by atoms with Crippen molar-refractivity contribution >= 4 is 33.0 Å². The molecule has 0 aliphatic rings. The Kier molecular flexibility index (Phi) is 3.64. The highest BCUT2D eigenvalue weighted by atomic mass is 35.5. The van der Waals surface area contributed by atoms with Crippen LogP contribution in [0.25, 0.3) is 0 Å². The molecule has 3 N–H and O–H groups in total. The molecule has 0 fully saturated rings. The number of sulfonamides is 1. The smallest absolute Gasteiger partial charge is 0.262 e. The summed E-state index contributed by atoms with van der Waals surface area (Å²) in [4.78, 5) is 3.99. The van der Waals surface area contributed by atoms with Crippen molar-refractivity contribution in [1.82, 2.24) is 4.98 Å². The molecule has 2 rings (SSSR count). The van der Waals surface area contributed by atoms with Crippen LogP contribution in [0.1, 0.15) is 5.56 Å². The summed E-state index contributed by atoms with van der Waals surface area (Å²) in [5, 5.41) is 0.298. The van der Waals surface area contributed by atoms with Gasteiger partial charge in [0.05, 0.1) is 16.8 Å². The van der Waals surface area contributed by atoms with E-state index in [0.29, 0.717) is 22.1 Å². The van der Waals surface area contributed by atoms with Gasteiger partial charge in [-0.15, -0.1) is 0 Å². The standard InChI is InChI=1S/C12H12ClN3O2S/c1-8-6-9(14)2-4-11(8)19(17,18)16-10-3-5-12(13)15-7-10/h2-7,16H,14H2,1H3. The number of benzene rings is 1. The second kappa shape index (κ2) is 5.07. The van der Waals surface area contributed by atoms with E-state index >= 15 is 0 Å². The van der Waals surface area contributed by atoms with Crippen molar-refractivity contribution in [3.05, 3.63) is 47.2 Å². The van der Waals surface area contributed by atoms with Gasteiger partial charge in [0.1, 0.15) is 5.15 Å². The average Bonchev–Trinajstić information content (AvgIpc) is 2.31. The maximum Gasteiger partial charge on any atom is 0.262 e. The number of nitrogens with one attached hydrogen (secondary N) is 1. The maximum atomic E-state index is 12.2. The summed E-state index contributed by atoms with van der Waals surface area (Å²) < 4.78 is 26.8. The Morgan fingerprint density at radius 2 is 2.00 bits per heavy atom. The molecule has 100 valence electrons. The van der Waals surface area contributed by atoms with Gasteiger partial charge in [-0.1, -0.05) is 11.6 Å². The molecule has 0 aliphatic carbocycles. The van der Waals surface area contributed by atoms with Crippen molar-refractivity contribution in [2.75, 3.05) is 10.5 Å². The van der Waals surface area contributed by atoms with Crippen molar-refractivity contribution < 1.29 is 8.42 Å². The summed E-state index contributed by atoms with van der Waals surface area (Å²) in [5.74, 6) is 0. The van der Waals surface area contributed by atoms with Gasteiger partial charge in [-0.25, -0.2) is 13.4 Å². The minimum absolute atomic E-state index is 0.177. The molecular weight excluding hydrogens is 286 g/mol. The minimum atomic E-state index is -3.66. The molecule has 0 aliphatic heterocycles. The fourth-order valence-corrected chi connectivity index (χ4v) is 3.00. The first kappa shape index (κ1) is 13.6. The van der Waals surface area contributed by atoms with Gasteiger partial charge >= 0.3 is 0 Å². The lowest BCUT2D eigenvalue weighted by atomic mass is 10.2. The van der Waals surface area contributed by atoms with E-state index in [1.807, 2.05) is 0 Å². The first-order valence-electron chi connectivity index (χ1n) is 5.39. The second-order valence-corrected chi connectivity index (χ2v) is 6.04. The number of rotatable bonds is 3. The zero-order valence-electron chi connectivity index (χ0n) is 10.1. The molecule has 0 saturated heterocycles. The SMILES string of the molecule is Cc1cc(N)ccc1S(=O)(=O)Nc1ccc(Cl)nc1. The normalized spacial score (nSPS) is 11.3. The highest BCUT2D eigenvalue weighted by molar-refractivity contribution is 7.92. The van der Waals surface area contributed by atoms with Crippen molar-refractivity contribution in [3.63, 3.8) is 0 Å². The number of hydrogen-bond acceptors (Lipinski definition) is 4. The van der Waals surface area contributed by atoms with Gasteiger partial charge < -0.3 is 5.73 Å². The van der Waals surface area contributed by atoms with Crippen molar-refractivity contribution in [2.24, 2.45) is 0 Å². The Bertz CT molecular complexity index is 699. The van der Waals surface area contributed by atoms with Crippen LogP contribution in [0.15, 0.2) is 41.4 Å². The van der Waals surface area contributed by atoms with Crippen LogP contribution in [0.3, 0.4) is 0 Å². The van der Waals surface area contributed by atoms with Crippen LogP contribution < -0.4 is 10.5 Å². The Morgan fingerprint density at radius 1 is 1.26 bits per heavy atom. The van der Waals surface area contributed by atoms with Crippen LogP contribution in [0.5, 0.6) is 0 Å². The molecule has 0 radical (unpaired) electrons. The molecule has 0 atom stereocenters. The van der Waals surface area contributed by atoms with E-state index < -0.39 is 10.0 Å².